The maximum Gasteiger partial charge on any atom is 0.237 e. The van der Waals surface area contributed by atoms with Gasteiger partial charge in [0.05, 0.1) is 12.1 Å². The van der Waals surface area contributed by atoms with E-state index >= 15 is 0 Å². The van der Waals surface area contributed by atoms with Crippen molar-refractivity contribution >= 4 is 17.5 Å². The molecule has 1 saturated heterocycles. The second-order valence-electron chi connectivity index (χ2n) is 6.62. The minimum atomic E-state index is -0.0664. The van der Waals surface area contributed by atoms with Gasteiger partial charge in [-0.2, -0.15) is 0 Å². The zero-order valence-electron chi connectivity index (χ0n) is 13.6. The van der Waals surface area contributed by atoms with Gasteiger partial charge in [0.15, 0.2) is 0 Å². The van der Waals surface area contributed by atoms with Crippen LogP contribution in [0.25, 0.3) is 0 Å². The van der Waals surface area contributed by atoms with Gasteiger partial charge in [0.25, 0.3) is 0 Å². The number of nitrogens with one attached hydrogen (secondary N) is 3. The molecule has 1 saturated carbocycles. The maximum atomic E-state index is 12.2. The highest BCUT2D eigenvalue weighted by atomic mass is 16.2. The summed E-state index contributed by atoms with van der Waals surface area (Å²) < 4.78 is 0. The molecule has 5 nitrogen and oxygen atoms in total. The molecule has 1 aliphatic carbocycles. The summed E-state index contributed by atoms with van der Waals surface area (Å²) >= 11 is 0. The van der Waals surface area contributed by atoms with E-state index in [9.17, 15) is 9.59 Å². The monoisotopic (exact) mass is 315 g/mol. The van der Waals surface area contributed by atoms with Crippen LogP contribution in [0.2, 0.25) is 0 Å². The summed E-state index contributed by atoms with van der Waals surface area (Å²) in [5, 5.41) is 9.26. The lowest BCUT2D eigenvalue weighted by Gasteiger charge is -2.24. The Bertz CT molecular complexity index is 560. The molecule has 0 aromatic heterocycles. The summed E-state index contributed by atoms with van der Waals surface area (Å²) in [6, 6.07) is 7.61. The molecule has 2 amide bonds. The number of carbonyl (C=O) groups is 2. The fourth-order valence-corrected chi connectivity index (χ4v) is 2.92. The van der Waals surface area contributed by atoms with Crippen molar-refractivity contribution in [3.05, 3.63) is 29.8 Å². The first-order valence-corrected chi connectivity index (χ1v) is 8.58. The summed E-state index contributed by atoms with van der Waals surface area (Å²) in [7, 11) is 0. The quantitative estimate of drug-likeness (QED) is 0.781. The number of amides is 2. The van der Waals surface area contributed by atoms with Gasteiger partial charge in [-0.3, -0.25) is 9.59 Å². The van der Waals surface area contributed by atoms with Crippen LogP contribution in [-0.2, 0) is 9.59 Å². The van der Waals surface area contributed by atoms with E-state index in [0.29, 0.717) is 0 Å². The zero-order chi connectivity index (χ0) is 16.2. The average Bonchev–Trinajstić information content (AvgIpc) is 3.41. The Hall–Kier alpha value is -1.88. The summed E-state index contributed by atoms with van der Waals surface area (Å²) in [6.07, 6.45) is 5.16. The molecule has 2 atom stereocenters. The Morgan fingerprint density at radius 2 is 1.83 bits per heavy atom. The van der Waals surface area contributed by atoms with E-state index in [0.717, 1.165) is 49.9 Å². The van der Waals surface area contributed by atoms with Crippen LogP contribution in [0, 0.1) is 5.92 Å². The molecule has 2 aliphatic rings. The first-order chi connectivity index (χ1) is 11.1. The summed E-state index contributed by atoms with van der Waals surface area (Å²) in [6.45, 7) is 2.90. The fourth-order valence-electron chi connectivity index (χ4n) is 2.92. The lowest BCUT2D eigenvalue weighted by Crippen LogP contribution is -2.47. The van der Waals surface area contributed by atoms with Crippen molar-refractivity contribution in [2.45, 2.75) is 51.1 Å². The van der Waals surface area contributed by atoms with Crippen molar-refractivity contribution in [1.29, 1.82) is 0 Å². The third-order valence-electron chi connectivity index (χ3n) is 4.61. The molecular weight excluding hydrogens is 290 g/mol. The van der Waals surface area contributed by atoms with Crippen LogP contribution in [0.5, 0.6) is 0 Å². The molecule has 3 rings (SSSR count). The largest absolute Gasteiger partial charge is 0.348 e. The number of carbonyl (C=O) groups excluding carboxylic acids is 2. The van der Waals surface area contributed by atoms with Crippen molar-refractivity contribution < 1.29 is 9.59 Å². The molecule has 1 heterocycles. The maximum absolute atomic E-state index is 12.2. The SMILES string of the molecule is CC(NC(=O)C1CCCCN1)c1ccc(NC(=O)C2CC2)cc1. The van der Waals surface area contributed by atoms with E-state index in [1.165, 1.54) is 0 Å². The molecular formula is C18H25N3O2. The van der Waals surface area contributed by atoms with Crippen LogP contribution in [0.15, 0.2) is 24.3 Å². The Kier molecular flexibility index (Phi) is 4.96. The number of hydrogen-bond donors (Lipinski definition) is 3. The molecule has 0 bridgehead atoms. The number of hydrogen-bond acceptors (Lipinski definition) is 3. The number of rotatable bonds is 5. The smallest absolute Gasteiger partial charge is 0.237 e. The Morgan fingerprint density at radius 1 is 1.09 bits per heavy atom. The Morgan fingerprint density at radius 3 is 2.43 bits per heavy atom. The molecule has 0 radical (unpaired) electrons. The van der Waals surface area contributed by atoms with E-state index in [4.69, 9.17) is 0 Å². The van der Waals surface area contributed by atoms with Crippen LogP contribution < -0.4 is 16.0 Å². The number of anilines is 1. The predicted octanol–water partition coefficient (Wildman–Crippen LogP) is 2.35. The Labute approximate surface area is 137 Å². The molecule has 5 heteroatoms. The van der Waals surface area contributed by atoms with Gasteiger partial charge < -0.3 is 16.0 Å². The molecule has 124 valence electrons. The van der Waals surface area contributed by atoms with Gasteiger partial charge in [0.2, 0.25) is 11.8 Å². The van der Waals surface area contributed by atoms with Crippen molar-refractivity contribution in [1.82, 2.24) is 10.6 Å². The van der Waals surface area contributed by atoms with Gasteiger partial charge in [-0.25, -0.2) is 0 Å². The van der Waals surface area contributed by atoms with Crippen LogP contribution >= 0.6 is 0 Å². The average molecular weight is 315 g/mol. The van der Waals surface area contributed by atoms with Crippen LogP contribution in [0.4, 0.5) is 5.69 Å². The molecule has 3 N–H and O–H groups in total. The second-order valence-corrected chi connectivity index (χ2v) is 6.62. The lowest BCUT2D eigenvalue weighted by atomic mass is 10.0. The highest BCUT2D eigenvalue weighted by Gasteiger charge is 2.29. The van der Waals surface area contributed by atoms with Gasteiger partial charge in [-0.05, 0) is 56.8 Å². The van der Waals surface area contributed by atoms with E-state index in [-0.39, 0.29) is 29.8 Å². The molecule has 1 aliphatic heterocycles. The minimum absolute atomic E-state index is 0.0422. The van der Waals surface area contributed by atoms with Gasteiger partial charge >= 0.3 is 0 Å². The molecule has 0 spiro atoms. The minimum Gasteiger partial charge on any atom is -0.348 e. The third-order valence-corrected chi connectivity index (χ3v) is 4.61. The van der Waals surface area contributed by atoms with E-state index in [1.807, 2.05) is 31.2 Å². The van der Waals surface area contributed by atoms with Crippen molar-refractivity contribution in [2.75, 3.05) is 11.9 Å². The van der Waals surface area contributed by atoms with Crippen LogP contribution in [0.1, 0.15) is 50.6 Å². The number of piperidine rings is 1. The summed E-state index contributed by atoms with van der Waals surface area (Å²) in [5.41, 5.74) is 1.86. The summed E-state index contributed by atoms with van der Waals surface area (Å²) in [4.78, 5) is 24.0. The van der Waals surface area contributed by atoms with Gasteiger partial charge in [-0.1, -0.05) is 18.6 Å². The van der Waals surface area contributed by atoms with Crippen LogP contribution in [0.3, 0.4) is 0 Å². The predicted molar refractivity (Wildman–Crippen MR) is 90.0 cm³/mol. The number of benzene rings is 1. The van der Waals surface area contributed by atoms with E-state index < -0.39 is 0 Å². The van der Waals surface area contributed by atoms with Gasteiger partial charge in [0, 0.05) is 11.6 Å². The summed E-state index contributed by atoms with van der Waals surface area (Å²) in [5.74, 6) is 0.390. The molecule has 23 heavy (non-hydrogen) atoms. The van der Waals surface area contributed by atoms with E-state index in [2.05, 4.69) is 16.0 Å². The van der Waals surface area contributed by atoms with Crippen molar-refractivity contribution in [3.8, 4) is 0 Å². The highest BCUT2D eigenvalue weighted by Crippen LogP contribution is 2.30. The molecule has 1 aromatic carbocycles. The zero-order valence-corrected chi connectivity index (χ0v) is 13.6. The van der Waals surface area contributed by atoms with Gasteiger partial charge in [-0.15, -0.1) is 0 Å². The van der Waals surface area contributed by atoms with E-state index in [1.54, 1.807) is 0 Å². The third kappa shape index (κ3) is 4.32. The first-order valence-electron chi connectivity index (χ1n) is 8.58. The highest BCUT2D eigenvalue weighted by molar-refractivity contribution is 5.94. The van der Waals surface area contributed by atoms with Crippen molar-refractivity contribution in [3.63, 3.8) is 0 Å². The normalized spacial score (nSPS) is 22.2. The fraction of sp³-hybridized carbons (Fsp3) is 0.556. The topological polar surface area (TPSA) is 70.2 Å². The van der Waals surface area contributed by atoms with Gasteiger partial charge in [0.1, 0.15) is 0 Å². The lowest BCUT2D eigenvalue weighted by molar-refractivity contribution is -0.124. The van der Waals surface area contributed by atoms with Crippen LogP contribution in [-0.4, -0.2) is 24.4 Å². The molecule has 2 unspecified atom stereocenters. The van der Waals surface area contributed by atoms with Crippen molar-refractivity contribution in [2.24, 2.45) is 5.92 Å². The molecule has 2 fully saturated rings. The standard InChI is InChI=1S/C18H25N3O2/c1-12(20-18(23)16-4-2-3-11-19-16)13-7-9-15(10-8-13)21-17(22)14-5-6-14/h7-10,12,14,16,19H,2-6,11H2,1H3,(H,20,23)(H,21,22). The second kappa shape index (κ2) is 7.13. The first kappa shape index (κ1) is 16.0. The molecule has 1 aromatic rings. The Balaban J connectivity index is 1.53.